The lowest BCUT2D eigenvalue weighted by Gasteiger charge is -2.10. The lowest BCUT2D eigenvalue weighted by Crippen LogP contribution is -2.02. The van der Waals surface area contributed by atoms with Crippen molar-refractivity contribution in [2.45, 2.75) is 17.2 Å². The highest BCUT2D eigenvalue weighted by molar-refractivity contribution is 7.98. The van der Waals surface area contributed by atoms with Crippen LogP contribution in [0.2, 0.25) is 0 Å². The van der Waals surface area contributed by atoms with Gasteiger partial charge in [-0.2, -0.15) is 11.3 Å². The van der Waals surface area contributed by atoms with Gasteiger partial charge >= 0.3 is 0 Å². The number of hydrogen-bond acceptors (Lipinski definition) is 4. The Labute approximate surface area is 126 Å². The minimum atomic E-state index is 0.711. The number of hydrogen-bond donors (Lipinski definition) is 2. The van der Waals surface area contributed by atoms with Crippen molar-refractivity contribution >= 4 is 28.8 Å². The zero-order valence-electron chi connectivity index (χ0n) is 10.9. The molecule has 0 saturated carbocycles. The van der Waals surface area contributed by atoms with Crippen molar-refractivity contribution in [2.75, 3.05) is 5.32 Å². The van der Waals surface area contributed by atoms with Crippen molar-refractivity contribution in [3.8, 4) is 0 Å². The van der Waals surface area contributed by atoms with Gasteiger partial charge in [0.05, 0.1) is 6.54 Å². The third kappa shape index (κ3) is 3.43. The van der Waals surface area contributed by atoms with E-state index in [1.807, 2.05) is 18.0 Å². The molecule has 2 N–H and O–H groups in total. The van der Waals surface area contributed by atoms with Gasteiger partial charge in [0, 0.05) is 28.7 Å². The molecule has 3 nitrogen and oxygen atoms in total. The van der Waals surface area contributed by atoms with Gasteiger partial charge in [0.2, 0.25) is 0 Å². The standard InChI is InChI=1S/C15H15N3S2/c1-2-4-14(20-11-12-5-8-19-10-12)13(3-1)18-9-15-16-6-7-17-15/h1-8,10,18H,9,11H2,(H,16,17). The Hall–Kier alpha value is -1.72. The van der Waals surface area contributed by atoms with Gasteiger partial charge in [0.25, 0.3) is 0 Å². The van der Waals surface area contributed by atoms with E-state index in [0.717, 1.165) is 17.3 Å². The number of nitrogens with one attached hydrogen (secondary N) is 2. The molecule has 0 saturated heterocycles. The van der Waals surface area contributed by atoms with Crippen molar-refractivity contribution < 1.29 is 0 Å². The third-order valence-corrected chi connectivity index (χ3v) is 4.74. The average Bonchev–Trinajstić information content (AvgIpc) is 3.17. The fourth-order valence-corrected chi connectivity index (χ4v) is 3.59. The Morgan fingerprint density at radius 3 is 3.00 bits per heavy atom. The van der Waals surface area contributed by atoms with Crippen LogP contribution < -0.4 is 5.32 Å². The smallest absolute Gasteiger partial charge is 0.125 e. The zero-order chi connectivity index (χ0) is 13.6. The number of thioether (sulfide) groups is 1. The van der Waals surface area contributed by atoms with Gasteiger partial charge in [-0.3, -0.25) is 0 Å². The van der Waals surface area contributed by atoms with Crippen LogP contribution in [0, 0.1) is 0 Å². The summed E-state index contributed by atoms with van der Waals surface area (Å²) in [5.74, 6) is 1.95. The first-order chi connectivity index (χ1) is 9.92. The van der Waals surface area contributed by atoms with Crippen LogP contribution >= 0.6 is 23.1 Å². The number of aromatic nitrogens is 2. The number of imidazole rings is 1. The van der Waals surface area contributed by atoms with Crippen molar-refractivity contribution in [2.24, 2.45) is 0 Å². The molecule has 0 spiro atoms. The maximum atomic E-state index is 4.22. The van der Waals surface area contributed by atoms with Crippen LogP contribution in [0.5, 0.6) is 0 Å². The summed E-state index contributed by atoms with van der Waals surface area (Å²) in [7, 11) is 0. The van der Waals surface area contributed by atoms with Gasteiger partial charge in [0.15, 0.2) is 0 Å². The fraction of sp³-hybridized carbons (Fsp3) is 0.133. The summed E-state index contributed by atoms with van der Waals surface area (Å²) in [6.07, 6.45) is 3.61. The summed E-state index contributed by atoms with van der Waals surface area (Å²) in [5, 5.41) is 7.76. The van der Waals surface area contributed by atoms with E-state index in [1.165, 1.54) is 10.5 Å². The second-order valence-electron chi connectivity index (χ2n) is 4.31. The molecule has 3 rings (SSSR count). The second-order valence-corrected chi connectivity index (χ2v) is 6.10. The van der Waals surface area contributed by atoms with E-state index >= 15 is 0 Å². The highest BCUT2D eigenvalue weighted by Gasteiger charge is 2.04. The van der Waals surface area contributed by atoms with E-state index in [4.69, 9.17) is 0 Å². The van der Waals surface area contributed by atoms with Crippen molar-refractivity contribution in [1.29, 1.82) is 0 Å². The number of benzene rings is 1. The lowest BCUT2D eigenvalue weighted by molar-refractivity contribution is 0.994. The predicted octanol–water partition coefficient (Wildman–Crippen LogP) is 4.38. The first kappa shape index (κ1) is 13.3. The van der Waals surface area contributed by atoms with Gasteiger partial charge in [-0.05, 0) is 34.5 Å². The number of para-hydroxylation sites is 1. The van der Waals surface area contributed by atoms with Crippen LogP contribution in [0.4, 0.5) is 5.69 Å². The van der Waals surface area contributed by atoms with E-state index in [0.29, 0.717) is 6.54 Å². The van der Waals surface area contributed by atoms with Crippen LogP contribution in [-0.2, 0) is 12.3 Å². The van der Waals surface area contributed by atoms with E-state index in [2.05, 4.69) is 56.4 Å². The Balaban J connectivity index is 1.64. The molecule has 0 atom stereocenters. The first-order valence-electron chi connectivity index (χ1n) is 6.37. The molecule has 0 aliphatic carbocycles. The zero-order valence-corrected chi connectivity index (χ0v) is 12.5. The molecule has 0 bridgehead atoms. The summed E-state index contributed by atoms with van der Waals surface area (Å²) in [5.41, 5.74) is 2.53. The van der Waals surface area contributed by atoms with Gasteiger partial charge in [0.1, 0.15) is 5.82 Å². The average molecular weight is 301 g/mol. The normalized spacial score (nSPS) is 10.6. The summed E-state index contributed by atoms with van der Waals surface area (Å²) >= 11 is 3.60. The first-order valence-corrected chi connectivity index (χ1v) is 8.30. The molecule has 0 fully saturated rings. The maximum absolute atomic E-state index is 4.22. The highest BCUT2D eigenvalue weighted by atomic mass is 32.2. The van der Waals surface area contributed by atoms with Crippen molar-refractivity contribution in [3.05, 3.63) is 64.9 Å². The number of anilines is 1. The second kappa shape index (κ2) is 6.63. The molecule has 2 aromatic heterocycles. The Morgan fingerprint density at radius 2 is 2.20 bits per heavy atom. The van der Waals surface area contributed by atoms with Crippen LogP contribution in [0.15, 0.2) is 58.4 Å². The predicted molar refractivity (Wildman–Crippen MR) is 86.2 cm³/mol. The van der Waals surface area contributed by atoms with Gasteiger partial charge in [-0.15, -0.1) is 11.8 Å². The number of rotatable bonds is 6. The molecule has 3 aromatic rings. The number of aromatic amines is 1. The van der Waals surface area contributed by atoms with Crippen LogP contribution in [-0.4, -0.2) is 9.97 Å². The topological polar surface area (TPSA) is 40.7 Å². The summed E-state index contributed by atoms with van der Waals surface area (Å²) in [6, 6.07) is 10.6. The molecule has 102 valence electrons. The molecule has 2 heterocycles. The Bertz CT molecular complexity index is 576. The van der Waals surface area contributed by atoms with E-state index in [9.17, 15) is 0 Å². The molecule has 0 aliphatic heterocycles. The Morgan fingerprint density at radius 1 is 1.25 bits per heavy atom. The highest BCUT2D eigenvalue weighted by Crippen LogP contribution is 2.30. The SMILES string of the molecule is c1ccc(SCc2ccsc2)c(NCc2ncc[nH]2)c1. The molecular formula is C15H15N3S2. The molecule has 0 amide bonds. The molecule has 1 aromatic carbocycles. The number of nitrogens with zero attached hydrogens (tertiary/aromatic N) is 1. The number of H-pyrrole nitrogens is 1. The molecule has 0 radical (unpaired) electrons. The molecule has 20 heavy (non-hydrogen) atoms. The van der Waals surface area contributed by atoms with Crippen molar-refractivity contribution in [1.82, 2.24) is 9.97 Å². The van der Waals surface area contributed by atoms with E-state index < -0.39 is 0 Å². The van der Waals surface area contributed by atoms with Gasteiger partial charge in [-0.25, -0.2) is 4.98 Å². The van der Waals surface area contributed by atoms with E-state index in [-0.39, 0.29) is 0 Å². The largest absolute Gasteiger partial charge is 0.377 e. The van der Waals surface area contributed by atoms with Crippen LogP contribution in [0.3, 0.4) is 0 Å². The lowest BCUT2D eigenvalue weighted by atomic mass is 10.3. The van der Waals surface area contributed by atoms with Gasteiger partial charge in [-0.1, -0.05) is 12.1 Å². The van der Waals surface area contributed by atoms with Crippen LogP contribution in [0.25, 0.3) is 0 Å². The Kier molecular flexibility index (Phi) is 4.40. The minimum absolute atomic E-state index is 0.711. The van der Waals surface area contributed by atoms with Gasteiger partial charge < -0.3 is 10.3 Å². The third-order valence-electron chi connectivity index (χ3n) is 2.86. The maximum Gasteiger partial charge on any atom is 0.125 e. The molecule has 5 heteroatoms. The summed E-state index contributed by atoms with van der Waals surface area (Å²) in [6.45, 7) is 0.711. The minimum Gasteiger partial charge on any atom is -0.377 e. The molecule has 0 unspecified atom stereocenters. The monoisotopic (exact) mass is 301 g/mol. The molecule has 0 aliphatic rings. The van der Waals surface area contributed by atoms with Crippen LogP contribution in [0.1, 0.15) is 11.4 Å². The number of thiophene rings is 1. The fourth-order valence-electron chi connectivity index (χ4n) is 1.85. The molecular weight excluding hydrogens is 286 g/mol. The van der Waals surface area contributed by atoms with E-state index in [1.54, 1.807) is 17.5 Å². The summed E-state index contributed by atoms with van der Waals surface area (Å²) < 4.78 is 0. The summed E-state index contributed by atoms with van der Waals surface area (Å²) in [4.78, 5) is 8.60. The quantitative estimate of drug-likeness (QED) is 0.664. The van der Waals surface area contributed by atoms with Crippen molar-refractivity contribution in [3.63, 3.8) is 0 Å².